The van der Waals surface area contributed by atoms with E-state index in [9.17, 15) is 0 Å². The van der Waals surface area contributed by atoms with Gasteiger partial charge in [0.1, 0.15) is 0 Å². The SMILES string of the molecule is CC(C)(C)CC(C)([C@@H]1CCO1)C(C)(C)C. The van der Waals surface area contributed by atoms with Crippen LogP contribution in [0.25, 0.3) is 0 Å². The van der Waals surface area contributed by atoms with E-state index in [4.69, 9.17) is 4.74 Å². The fourth-order valence-electron chi connectivity index (χ4n) is 2.70. The van der Waals surface area contributed by atoms with Crippen LogP contribution in [-0.2, 0) is 4.74 Å². The minimum atomic E-state index is 0.295. The van der Waals surface area contributed by atoms with Crippen LogP contribution in [0.2, 0.25) is 0 Å². The molecule has 1 heterocycles. The molecule has 0 N–H and O–H groups in total. The molecule has 1 fully saturated rings. The normalized spacial score (nSPS) is 27.0. The molecule has 0 aromatic carbocycles. The fourth-order valence-corrected chi connectivity index (χ4v) is 2.70. The lowest BCUT2D eigenvalue weighted by Crippen LogP contribution is -2.51. The first-order valence-electron chi connectivity index (χ1n) is 6.18. The lowest BCUT2D eigenvalue weighted by molar-refractivity contribution is -0.169. The molecule has 2 atom stereocenters. The van der Waals surface area contributed by atoms with Gasteiger partial charge in [-0.2, -0.15) is 0 Å². The molecule has 1 aliphatic heterocycles. The minimum absolute atomic E-state index is 0.295. The van der Waals surface area contributed by atoms with Gasteiger partial charge in [0.2, 0.25) is 0 Å². The molecule has 1 nitrogen and oxygen atoms in total. The summed E-state index contributed by atoms with van der Waals surface area (Å²) in [7, 11) is 0. The molecular formula is C14H28O. The summed E-state index contributed by atoms with van der Waals surface area (Å²) in [5.74, 6) is 0. The predicted molar refractivity (Wildman–Crippen MR) is 66.0 cm³/mol. The highest BCUT2D eigenvalue weighted by molar-refractivity contribution is 4.97. The monoisotopic (exact) mass is 212 g/mol. The van der Waals surface area contributed by atoms with Crippen molar-refractivity contribution in [1.29, 1.82) is 0 Å². The molecule has 1 saturated heterocycles. The average Bonchev–Trinajstić information content (AvgIpc) is 1.73. The molecular weight excluding hydrogens is 184 g/mol. The van der Waals surface area contributed by atoms with E-state index >= 15 is 0 Å². The van der Waals surface area contributed by atoms with Crippen LogP contribution >= 0.6 is 0 Å². The quantitative estimate of drug-likeness (QED) is 0.664. The third-order valence-electron chi connectivity index (χ3n) is 4.02. The molecule has 1 aliphatic rings. The largest absolute Gasteiger partial charge is 0.377 e. The molecule has 0 saturated carbocycles. The van der Waals surface area contributed by atoms with E-state index in [0.29, 0.717) is 22.3 Å². The Morgan fingerprint density at radius 2 is 1.47 bits per heavy atom. The van der Waals surface area contributed by atoms with E-state index in [1.165, 1.54) is 12.8 Å². The van der Waals surface area contributed by atoms with Gasteiger partial charge in [0, 0.05) is 6.61 Å². The summed E-state index contributed by atoms with van der Waals surface area (Å²) in [5, 5.41) is 0. The summed E-state index contributed by atoms with van der Waals surface area (Å²) >= 11 is 0. The maximum Gasteiger partial charge on any atom is 0.0655 e. The number of hydrogen-bond donors (Lipinski definition) is 0. The van der Waals surface area contributed by atoms with Crippen molar-refractivity contribution < 1.29 is 4.74 Å². The van der Waals surface area contributed by atoms with Crippen molar-refractivity contribution in [3.63, 3.8) is 0 Å². The van der Waals surface area contributed by atoms with Gasteiger partial charge in [0.15, 0.2) is 0 Å². The van der Waals surface area contributed by atoms with Crippen LogP contribution in [0.15, 0.2) is 0 Å². The van der Waals surface area contributed by atoms with Gasteiger partial charge in [-0.15, -0.1) is 0 Å². The third-order valence-corrected chi connectivity index (χ3v) is 4.02. The average molecular weight is 212 g/mol. The molecule has 0 aromatic heterocycles. The molecule has 0 radical (unpaired) electrons. The van der Waals surface area contributed by atoms with Crippen LogP contribution in [0.4, 0.5) is 0 Å². The van der Waals surface area contributed by atoms with Gasteiger partial charge in [-0.1, -0.05) is 48.5 Å². The van der Waals surface area contributed by atoms with Crippen molar-refractivity contribution in [1.82, 2.24) is 0 Å². The van der Waals surface area contributed by atoms with Crippen LogP contribution in [0.5, 0.6) is 0 Å². The van der Waals surface area contributed by atoms with Crippen molar-refractivity contribution in [2.75, 3.05) is 6.61 Å². The maximum atomic E-state index is 5.77. The molecule has 1 heteroatoms. The van der Waals surface area contributed by atoms with Gasteiger partial charge in [-0.3, -0.25) is 0 Å². The highest BCUT2D eigenvalue weighted by atomic mass is 16.5. The predicted octanol–water partition coefficient (Wildman–Crippen LogP) is 4.26. The molecule has 0 spiro atoms. The lowest BCUT2D eigenvalue weighted by Gasteiger charge is -2.53. The zero-order chi connectivity index (χ0) is 11.9. The highest BCUT2D eigenvalue weighted by Crippen LogP contribution is 2.52. The van der Waals surface area contributed by atoms with Crippen molar-refractivity contribution in [2.24, 2.45) is 16.2 Å². The van der Waals surface area contributed by atoms with E-state index in [-0.39, 0.29) is 0 Å². The third kappa shape index (κ3) is 2.75. The van der Waals surface area contributed by atoms with Gasteiger partial charge in [-0.05, 0) is 29.1 Å². The van der Waals surface area contributed by atoms with E-state index in [2.05, 4.69) is 48.5 Å². The van der Waals surface area contributed by atoms with E-state index in [1.54, 1.807) is 0 Å². The fraction of sp³-hybridized carbons (Fsp3) is 1.00. The van der Waals surface area contributed by atoms with Gasteiger partial charge in [0.05, 0.1) is 6.10 Å². The first-order chi connectivity index (χ1) is 6.56. The van der Waals surface area contributed by atoms with Crippen molar-refractivity contribution >= 4 is 0 Å². The molecule has 90 valence electrons. The summed E-state index contributed by atoms with van der Waals surface area (Å²) in [6.45, 7) is 17.4. The Balaban J connectivity index is 2.86. The van der Waals surface area contributed by atoms with Crippen LogP contribution in [0.1, 0.15) is 61.3 Å². The Bertz CT molecular complexity index is 214. The van der Waals surface area contributed by atoms with Crippen molar-refractivity contribution in [2.45, 2.75) is 67.4 Å². The molecule has 1 rings (SSSR count). The van der Waals surface area contributed by atoms with Crippen LogP contribution in [-0.4, -0.2) is 12.7 Å². The highest BCUT2D eigenvalue weighted by Gasteiger charge is 2.48. The Hall–Kier alpha value is -0.0400. The lowest BCUT2D eigenvalue weighted by atomic mass is 9.57. The Morgan fingerprint density at radius 1 is 1.00 bits per heavy atom. The van der Waals surface area contributed by atoms with Gasteiger partial charge in [0.25, 0.3) is 0 Å². The van der Waals surface area contributed by atoms with E-state index < -0.39 is 0 Å². The summed E-state index contributed by atoms with van der Waals surface area (Å²) in [5.41, 5.74) is 0.982. The second kappa shape index (κ2) is 3.76. The van der Waals surface area contributed by atoms with E-state index in [1.807, 2.05) is 0 Å². The van der Waals surface area contributed by atoms with Crippen LogP contribution in [0, 0.1) is 16.2 Å². The maximum absolute atomic E-state index is 5.77. The molecule has 0 bridgehead atoms. The second-order valence-corrected chi connectivity index (χ2v) is 7.55. The number of hydrogen-bond acceptors (Lipinski definition) is 1. The molecule has 0 aromatic rings. The first kappa shape index (κ1) is 13.0. The molecule has 0 aliphatic carbocycles. The molecule has 15 heavy (non-hydrogen) atoms. The van der Waals surface area contributed by atoms with Crippen LogP contribution in [0.3, 0.4) is 0 Å². The summed E-state index contributed by atoms with van der Waals surface area (Å²) in [6, 6.07) is 0. The Labute approximate surface area is 95.6 Å². The topological polar surface area (TPSA) is 9.23 Å². The number of ether oxygens (including phenoxy) is 1. The first-order valence-corrected chi connectivity index (χ1v) is 6.18. The van der Waals surface area contributed by atoms with Crippen LogP contribution < -0.4 is 0 Å². The standard InChI is InChI=1S/C14H28O/c1-12(2,3)10-14(7,13(4,5)6)11-8-9-15-11/h11H,8-10H2,1-7H3/t11-,14?/m0/s1. The second-order valence-electron chi connectivity index (χ2n) is 7.55. The van der Waals surface area contributed by atoms with Crippen molar-refractivity contribution in [3.05, 3.63) is 0 Å². The van der Waals surface area contributed by atoms with E-state index in [0.717, 1.165) is 6.61 Å². The Morgan fingerprint density at radius 3 is 1.67 bits per heavy atom. The summed E-state index contributed by atoms with van der Waals surface area (Å²) in [6.07, 6.45) is 2.94. The smallest absolute Gasteiger partial charge is 0.0655 e. The molecule has 1 unspecified atom stereocenters. The van der Waals surface area contributed by atoms with Gasteiger partial charge < -0.3 is 4.74 Å². The Kier molecular flexibility index (Phi) is 3.27. The zero-order valence-corrected chi connectivity index (χ0v) is 11.6. The zero-order valence-electron chi connectivity index (χ0n) is 11.6. The number of rotatable bonds is 2. The minimum Gasteiger partial charge on any atom is -0.377 e. The summed E-state index contributed by atoms with van der Waals surface area (Å²) in [4.78, 5) is 0. The summed E-state index contributed by atoms with van der Waals surface area (Å²) < 4.78 is 5.77. The van der Waals surface area contributed by atoms with Gasteiger partial charge >= 0.3 is 0 Å². The van der Waals surface area contributed by atoms with Crippen molar-refractivity contribution in [3.8, 4) is 0 Å². The van der Waals surface area contributed by atoms with Gasteiger partial charge in [-0.25, -0.2) is 0 Å². The molecule has 0 amide bonds.